The Kier molecular flexibility index (Phi) is 7.27. The summed E-state index contributed by atoms with van der Waals surface area (Å²) in [6.45, 7) is 2.54. The lowest BCUT2D eigenvalue weighted by atomic mass is 10.2. The molecular weight excluding hydrogens is 384 g/mol. The summed E-state index contributed by atoms with van der Waals surface area (Å²) in [7, 11) is -1.72. The second kappa shape index (κ2) is 9.24. The molecule has 0 aliphatic heterocycles. The van der Waals surface area contributed by atoms with E-state index in [-0.39, 0.29) is 18.9 Å². The minimum absolute atomic E-state index is 0.0184. The lowest BCUT2D eigenvalue weighted by Gasteiger charge is -2.25. The number of hydrogen-bond acceptors (Lipinski definition) is 3. The Labute approximate surface area is 166 Å². The van der Waals surface area contributed by atoms with E-state index in [2.05, 4.69) is 0 Å². The summed E-state index contributed by atoms with van der Waals surface area (Å²) in [5.41, 5.74) is 2.31. The molecule has 0 N–H and O–H groups in total. The highest BCUT2D eigenvalue weighted by atomic mass is 35.5. The molecule has 0 fully saturated rings. The Hall–Kier alpha value is -2.05. The Bertz CT molecular complexity index is 885. The van der Waals surface area contributed by atoms with E-state index in [1.165, 1.54) is 4.31 Å². The van der Waals surface area contributed by atoms with Crippen LogP contribution < -0.4 is 4.31 Å². The van der Waals surface area contributed by atoms with Gasteiger partial charge in [0.15, 0.2) is 0 Å². The molecule has 7 heteroatoms. The highest BCUT2D eigenvalue weighted by Gasteiger charge is 2.20. The average Bonchev–Trinajstić information content (AvgIpc) is 2.61. The second-order valence-electron chi connectivity index (χ2n) is 6.56. The Balaban J connectivity index is 1.99. The van der Waals surface area contributed by atoms with Gasteiger partial charge < -0.3 is 4.90 Å². The monoisotopic (exact) mass is 408 g/mol. The van der Waals surface area contributed by atoms with Crippen molar-refractivity contribution < 1.29 is 13.2 Å². The van der Waals surface area contributed by atoms with E-state index >= 15 is 0 Å². The highest BCUT2D eigenvalue weighted by molar-refractivity contribution is 7.92. The number of carbonyl (C=O) groups excluding carboxylic acids is 1. The zero-order valence-corrected chi connectivity index (χ0v) is 17.4. The van der Waals surface area contributed by atoms with Gasteiger partial charge in [-0.3, -0.25) is 9.10 Å². The number of anilines is 1. The number of carbonyl (C=O) groups is 1. The van der Waals surface area contributed by atoms with Crippen LogP contribution in [0.1, 0.15) is 24.0 Å². The van der Waals surface area contributed by atoms with Crippen LogP contribution in [0.25, 0.3) is 0 Å². The van der Waals surface area contributed by atoms with Crippen LogP contribution in [-0.4, -0.2) is 39.1 Å². The van der Waals surface area contributed by atoms with Gasteiger partial charge in [0.2, 0.25) is 15.9 Å². The maximum Gasteiger partial charge on any atom is 0.232 e. The molecular formula is C20H25ClN2O3S. The summed E-state index contributed by atoms with van der Waals surface area (Å²) < 4.78 is 25.8. The van der Waals surface area contributed by atoms with Crippen molar-refractivity contribution >= 4 is 33.2 Å². The van der Waals surface area contributed by atoms with Crippen molar-refractivity contribution in [3.63, 3.8) is 0 Å². The summed E-state index contributed by atoms with van der Waals surface area (Å²) in [6.07, 6.45) is 1.86. The minimum Gasteiger partial charge on any atom is -0.341 e. The molecule has 5 nitrogen and oxygen atoms in total. The number of rotatable bonds is 8. The molecule has 1 amide bonds. The molecule has 0 aromatic heterocycles. The molecule has 2 aromatic rings. The molecule has 0 bridgehead atoms. The maximum absolute atomic E-state index is 12.4. The van der Waals surface area contributed by atoms with Crippen molar-refractivity contribution in [3.8, 4) is 0 Å². The van der Waals surface area contributed by atoms with Crippen LogP contribution >= 0.6 is 11.6 Å². The first-order valence-corrected chi connectivity index (χ1v) is 10.9. The Morgan fingerprint density at radius 3 is 2.37 bits per heavy atom. The third-order valence-electron chi connectivity index (χ3n) is 4.35. The zero-order valence-electron chi connectivity index (χ0n) is 15.9. The van der Waals surface area contributed by atoms with Crippen molar-refractivity contribution in [2.75, 3.05) is 24.2 Å². The quantitative estimate of drug-likeness (QED) is 0.666. The van der Waals surface area contributed by atoms with Gasteiger partial charge in [-0.05, 0) is 36.6 Å². The highest BCUT2D eigenvalue weighted by Crippen LogP contribution is 2.28. The molecule has 27 heavy (non-hydrogen) atoms. The smallest absolute Gasteiger partial charge is 0.232 e. The van der Waals surface area contributed by atoms with Crippen LogP contribution in [0.5, 0.6) is 0 Å². The lowest BCUT2D eigenvalue weighted by Crippen LogP contribution is -2.33. The molecule has 0 spiro atoms. The number of halogens is 1. The number of amides is 1. The predicted molar refractivity (Wildman–Crippen MR) is 111 cm³/mol. The zero-order chi connectivity index (χ0) is 20.0. The summed E-state index contributed by atoms with van der Waals surface area (Å²) >= 11 is 6.13. The fourth-order valence-corrected chi connectivity index (χ4v) is 4.03. The molecule has 0 aliphatic carbocycles. The van der Waals surface area contributed by atoms with E-state index in [9.17, 15) is 13.2 Å². The standard InChI is InChI=1S/C20H25ClN2O3S/c1-16-18(21)11-7-12-19(16)23(27(3,25)26)14-8-13-20(24)22(2)15-17-9-5-4-6-10-17/h4-7,9-12H,8,13-15H2,1-3H3. The summed E-state index contributed by atoms with van der Waals surface area (Å²) in [6, 6.07) is 14.9. The molecule has 0 atom stereocenters. The van der Waals surface area contributed by atoms with Gasteiger partial charge in [0.05, 0.1) is 11.9 Å². The summed E-state index contributed by atoms with van der Waals surface area (Å²) in [5.74, 6) is -0.0184. The van der Waals surface area contributed by atoms with Crippen LogP contribution in [0.3, 0.4) is 0 Å². The van der Waals surface area contributed by atoms with E-state index in [4.69, 9.17) is 11.6 Å². The number of sulfonamides is 1. The van der Waals surface area contributed by atoms with Crippen LogP contribution in [0.2, 0.25) is 5.02 Å². The summed E-state index contributed by atoms with van der Waals surface area (Å²) in [5, 5.41) is 0.514. The topological polar surface area (TPSA) is 57.7 Å². The predicted octanol–water partition coefficient (Wildman–Crippen LogP) is 3.85. The van der Waals surface area contributed by atoms with E-state index in [1.807, 2.05) is 30.3 Å². The van der Waals surface area contributed by atoms with Crippen LogP contribution in [0.15, 0.2) is 48.5 Å². The molecule has 0 radical (unpaired) electrons. The number of benzene rings is 2. The molecule has 0 heterocycles. The second-order valence-corrected chi connectivity index (χ2v) is 8.87. The lowest BCUT2D eigenvalue weighted by molar-refractivity contribution is -0.130. The van der Waals surface area contributed by atoms with E-state index in [0.717, 1.165) is 11.8 Å². The van der Waals surface area contributed by atoms with Crippen LogP contribution in [0, 0.1) is 6.92 Å². The molecule has 0 saturated carbocycles. The Morgan fingerprint density at radius 2 is 1.74 bits per heavy atom. The van der Waals surface area contributed by atoms with Crippen LogP contribution in [0.4, 0.5) is 5.69 Å². The van der Waals surface area contributed by atoms with Gasteiger partial charge in [-0.2, -0.15) is 0 Å². The molecule has 2 aromatic carbocycles. The van der Waals surface area contributed by atoms with Gasteiger partial charge in [0.1, 0.15) is 0 Å². The molecule has 0 unspecified atom stereocenters. The van der Waals surface area contributed by atoms with Gasteiger partial charge in [-0.1, -0.05) is 48.0 Å². The molecule has 0 aliphatic rings. The molecule has 2 rings (SSSR count). The van der Waals surface area contributed by atoms with Crippen molar-refractivity contribution in [1.82, 2.24) is 4.90 Å². The largest absolute Gasteiger partial charge is 0.341 e. The van der Waals surface area contributed by atoms with Gasteiger partial charge >= 0.3 is 0 Å². The van der Waals surface area contributed by atoms with Crippen molar-refractivity contribution in [2.45, 2.75) is 26.3 Å². The SMILES string of the molecule is Cc1c(Cl)cccc1N(CCCC(=O)N(C)Cc1ccccc1)S(C)(=O)=O. The van der Waals surface area contributed by atoms with Gasteiger partial charge in [-0.15, -0.1) is 0 Å². The fraction of sp³-hybridized carbons (Fsp3) is 0.350. The molecule has 146 valence electrons. The fourth-order valence-electron chi connectivity index (χ4n) is 2.84. The first-order chi connectivity index (χ1) is 12.7. The third kappa shape index (κ3) is 5.97. The average molecular weight is 409 g/mol. The van der Waals surface area contributed by atoms with Crippen molar-refractivity contribution in [1.29, 1.82) is 0 Å². The van der Waals surface area contributed by atoms with Crippen LogP contribution in [-0.2, 0) is 21.4 Å². The Morgan fingerprint density at radius 1 is 1.07 bits per heavy atom. The van der Waals surface area contributed by atoms with Crippen molar-refractivity contribution in [3.05, 3.63) is 64.7 Å². The third-order valence-corrected chi connectivity index (χ3v) is 5.94. The van der Waals surface area contributed by atoms with E-state index in [0.29, 0.717) is 29.2 Å². The first-order valence-electron chi connectivity index (χ1n) is 8.71. The normalized spacial score (nSPS) is 11.3. The number of hydrogen-bond donors (Lipinski definition) is 0. The first kappa shape index (κ1) is 21.3. The summed E-state index contributed by atoms with van der Waals surface area (Å²) in [4.78, 5) is 14.0. The number of nitrogens with zero attached hydrogens (tertiary/aromatic N) is 2. The minimum atomic E-state index is -3.47. The van der Waals surface area contributed by atoms with Gasteiger partial charge in [0, 0.05) is 31.6 Å². The van der Waals surface area contributed by atoms with Crippen molar-refractivity contribution in [2.24, 2.45) is 0 Å². The van der Waals surface area contributed by atoms with E-state index in [1.54, 1.807) is 37.1 Å². The van der Waals surface area contributed by atoms with Gasteiger partial charge in [0.25, 0.3) is 0 Å². The van der Waals surface area contributed by atoms with Gasteiger partial charge in [-0.25, -0.2) is 8.42 Å². The molecule has 0 saturated heterocycles. The maximum atomic E-state index is 12.4. The van der Waals surface area contributed by atoms with E-state index < -0.39 is 10.0 Å².